The average Bonchev–Trinajstić information content (AvgIpc) is 2.43. The highest BCUT2D eigenvalue weighted by atomic mass is 32.1. The van der Waals surface area contributed by atoms with Crippen molar-refractivity contribution in [2.45, 2.75) is 6.92 Å². The second-order valence-electron chi connectivity index (χ2n) is 4.72. The van der Waals surface area contributed by atoms with Gasteiger partial charge >= 0.3 is 0 Å². The number of thiol groups is 1. The Bertz CT molecular complexity index is 803. The van der Waals surface area contributed by atoms with Gasteiger partial charge in [-0.15, -0.1) is 0 Å². The second kappa shape index (κ2) is 4.63. The van der Waals surface area contributed by atoms with Crippen LogP contribution in [0, 0.1) is 6.92 Å². The Morgan fingerprint density at radius 2 is 1.84 bits per heavy atom. The van der Waals surface area contributed by atoms with Crippen molar-refractivity contribution in [2.75, 3.05) is 5.73 Å². The van der Waals surface area contributed by atoms with E-state index in [0.717, 1.165) is 16.6 Å². The third-order valence-corrected chi connectivity index (χ3v) is 3.71. The standard InChI is InChI=1S/C17H15NS/c1-11-5-8-15(18)17-14(11)7-6-12-3-2-4-13(9-10-19)16(12)17/h2-10,19H,18H2,1H3/b10-9+. The fourth-order valence-electron chi connectivity index (χ4n) is 2.64. The number of hydrogen-bond acceptors (Lipinski definition) is 2. The number of benzene rings is 3. The van der Waals surface area contributed by atoms with Crippen molar-refractivity contribution in [3.05, 3.63) is 59.0 Å². The Hall–Kier alpha value is -1.93. The van der Waals surface area contributed by atoms with Crippen molar-refractivity contribution in [1.82, 2.24) is 0 Å². The van der Waals surface area contributed by atoms with Crippen LogP contribution in [0.15, 0.2) is 47.9 Å². The molecule has 0 unspecified atom stereocenters. The van der Waals surface area contributed by atoms with Crippen molar-refractivity contribution >= 4 is 45.9 Å². The van der Waals surface area contributed by atoms with Gasteiger partial charge in [0.1, 0.15) is 0 Å². The highest BCUT2D eigenvalue weighted by molar-refractivity contribution is 7.83. The van der Waals surface area contributed by atoms with E-state index in [0.29, 0.717) is 0 Å². The van der Waals surface area contributed by atoms with Gasteiger partial charge in [-0.3, -0.25) is 0 Å². The van der Waals surface area contributed by atoms with Gasteiger partial charge in [0.25, 0.3) is 0 Å². The predicted molar refractivity (Wildman–Crippen MR) is 88.6 cm³/mol. The lowest BCUT2D eigenvalue weighted by molar-refractivity contribution is 1.54. The fraction of sp³-hybridized carbons (Fsp3) is 0.0588. The molecule has 2 N–H and O–H groups in total. The normalized spacial score (nSPS) is 11.7. The highest BCUT2D eigenvalue weighted by Crippen LogP contribution is 2.34. The predicted octanol–water partition coefficient (Wildman–Crippen LogP) is 4.78. The van der Waals surface area contributed by atoms with Crippen molar-refractivity contribution < 1.29 is 0 Å². The average molecular weight is 265 g/mol. The first kappa shape index (κ1) is 12.1. The van der Waals surface area contributed by atoms with Crippen LogP contribution in [0.5, 0.6) is 0 Å². The van der Waals surface area contributed by atoms with Crippen LogP contribution in [-0.2, 0) is 0 Å². The Morgan fingerprint density at radius 1 is 1.00 bits per heavy atom. The topological polar surface area (TPSA) is 26.0 Å². The molecule has 0 atom stereocenters. The summed E-state index contributed by atoms with van der Waals surface area (Å²) in [5.74, 6) is 0. The molecule has 3 aromatic carbocycles. The summed E-state index contributed by atoms with van der Waals surface area (Å²) in [6.07, 6.45) is 2.01. The minimum Gasteiger partial charge on any atom is -0.398 e. The van der Waals surface area contributed by atoms with Gasteiger partial charge in [-0.2, -0.15) is 12.6 Å². The van der Waals surface area contributed by atoms with Crippen molar-refractivity contribution in [1.29, 1.82) is 0 Å². The summed E-state index contributed by atoms with van der Waals surface area (Å²) >= 11 is 4.19. The van der Waals surface area contributed by atoms with E-state index in [2.05, 4.69) is 56.0 Å². The summed E-state index contributed by atoms with van der Waals surface area (Å²) in [5, 5.41) is 6.52. The smallest absolute Gasteiger partial charge is 0.0400 e. The first-order chi connectivity index (χ1) is 9.22. The van der Waals surface area contributed by atoms with E-state index in [1.54, 1.807) is 5.41 Å². The Kier molecular flexibility index (Phi) is 2.96. The van der Waals surface area contributed by atoms with Crippen LogP contribution in [0.1, 0.15) is 11.1 Å². The molecule has 2 heteroatoms. The monoisotopic (exact) mass is 265 g/mol. The first-order valence-electron chi connectivity index (χ1n) is 6.23. The van der Waals surface area contributed by atoms with Crippen LogP contribution in [0.25, 0.3) is 27.6 Å². The molecule has 0 amide bonds. The van der Waals surface area contributed by atoms with Gasteiger partial charge in [0, 0.05) is 11.1 Å². The molecule has 94 valence electrons. The summed E-state index contributed by atoms with van der Waals surface area (Å²) < 4.78 is 0. The molecule has 3 aromatic rings. The van der Waals surface area contributed by atoms with E-state index >= 15 is 0 Å². The summed E-state index contributed by atoms with van der Waals surface area (Å²) in [7, 11) is 0. The zero-order valence-corrected chi connectivity index (χ0v) is 11.6. The molecule has 0 spiro atoms. The SMILES string of the molecule is Cc1ccc(N)c2c1ccc1cccc(/C=C/S)c12. The van der Waals surface area contributed by atoms with E-state index in [9.17, 15) is 0 Å². The minimum atomic E-state index is 0.825. The molecule has 3 rings (SSSR count). The summed E-state index contributed by atoms with van der Waals surface area (Å²) in [6.45, 7) is 2.12. The van der Waals surface area contributed by atoms with Gasteiger partial charge in [-0.05, 0) is 51.8 Å². The summed E-state index contributed by atoms with van der Waals surface area (Å²) in [4.78, 5) is 0. The molecule has 0 aliphatic carbocycles. The van der Waals surface area contributed by atoms with Crippen molar-refractivity contribution in [2.24, 2.45) is 0 Å². The summed E-state index contributed by atoms with van der Waals surface area (Å²) in [5.41, 5.74) is 9.43. The van der Waals surface area contributed by atoms with Crippen LogP contribution in [-0.4, -0.2) is 0 Å². The van der Waals surface area contributed by atoms with E-state index in [-0.39, 0.29) is 0 Å². The number of hydrogen-bond donors (Lipinski definition) is 2. The molecule has 0 aromatic heterocycles. The zero-order valence-electron chi connectivity index (χ0n) is 10.7. The van der Waals surface area contributed by atoms with Gasteiger partial charge in [0.05, 0.1) is 0 Å². The molecule has 0 aliphatic rings. The quantitative estimate of drug-likeness (QED) is 0.369. The lowest BCUT2D eigenvalue weighted by atomic mass is 9.94. The van der Waals surface area contributed by atoms with Gasteiger partial charge < -0.3 is 5.73 Å². The number of anilines is 1. The van der Waals surface area contributed by atoms with E-state index in [4.69, 9.17) is 5.73 Å². The Morgan fingerprint density at radius 3 is 2.63 bits per heavy atom. The fourth-order valence-corrected chi connectivity index (χ4v) is 2.80. The Balaban J connectivity index is 2.61. The maximum absolute atomic E-state index is 6.21. The number of nitrogens with two attached hydrogens (primary N) is 1. The minimum absolute atomic E-state index is 0.825. The molecule has 0 fully saturated rings. The van der Waals surface area contributed by atoms with Crippen LogP contribution in [0.3, 0.4) is 0 Å². The number of fused-ring (bicyclic) bond motifs is 3. The molecule has 19 heavy (non-hydrogen) atoms. The molecule has 0 aliphatic heterocycles. The number of nitrogen functional groups attached to an aromatic ring is 1. The molecule has 0 radical (unpaired) electrons. The molecule has 0 saturated carbocycles. The second-order valence-corrected chi connectivity index (χ2v) is 5.02. The largest absolute Gasteiger partial charge is 0.398 e. The number of aryl methyl sites for hydroxylation is 1. The van der Waals surface area contributed by atoms with E-state index in [1.165, 1.54) is 21.7 Å². The van der Waals surface area contributed by atoms with Crippen molar-refractivity contribution in [3.63, 3.8) is 0 Å². The van der Waals surface area contributed by atoms with Gasteiger partial charge in [-0.1, -0.05) is 36.4 Å². The van der Waals surface area contributed by atoms with Crippen LogP contribution < -0.4 is 5.73 Å². The van der Waals surface area contributed by atoms with E-state index in [1.807, 2.05) is 12.1 Å². The summed E-state index contributed by atoms with van der Waals surface area (Å²) in [6, 6.07) is 14.6. The molecule has 0 bridgehead atoms. The maximum Gasteiger partial charge on any atom is 0.0400 e. The highest BCUT2D eigenvalue weighted by Gasteiger charge is 2.08. The van der Waals surface area contributed by atoms with Crippen LogP contribution in [0.4, 0.5) is 5.69 Å². The van der Waals surface area contributed by atoms with Crippen molar-refractivity contribution in [3.8, 4) is 0 Å². The van der Waals surface area contributed by atoms with Gasteiger partial charge in [-0.25, -0.2) is 0 Å². The molecule has 0 saturated heterocycles. The molecular weight excluding hydrogens is 250 g/mol. The lowest BCUT2D eigenvalue weighted by Crippen LogP contribution is -1.91. The van der Waals surface area contributed by atoms with E-state index < -0.39 is 0 Å². The molecular formula is C17H15NS. The third-order valence-electron chi connectivity index (χ3n) is 3.56. The maximum atomic E-state index is 6.21. The van der Waals surface area contributed by atoms with Crippen LogP contribution in [0.2, 0.25) is 0 Å². The molecule has 0 heterocycles. The van der Waals surface area contributed by atoms with Crippen LogP contribution >= 0.6 is 12.6 Å². The first-order valence-corrected chi connectivity index (χ1v) is 6.75. The number of rotatable bonds is 1. The van der Waals surface area contributed by atoms with Gasteiger partial charge in [0.2, 0.25) is 0 Å². The zero-order chi connectivity index (χ0) is 13.4. The third kappa shape index (κ3) is 1.89. The Labute approximate surface area is 118 Å². The van der Waals surface area contributed by atoms with Gasteiger partial charge in [0.15, 0.2) is 0 Å². The molecule has 1 nitrogen and oxygen atoms in total. The lowest BCUT2D eigenvalue weighted by Gasteiger charge is -2.11.